The highest BCUT2D eigenvalue weighted by molar-refractivity contribution is 5.66. The maximum atomic E-state index is 14.7. The number of halogens is 5. The molecule has 2 aromatic rings. The largest absolute Gasteiger partial charge is 0.484 e. The van der Waals surface area contributed by atoms with Gasteiger partial charge < -0.3 is 4.74 Å². The second kappa shape index (κ2) is 8.93. The SMILES string of the molecule is CCC1CCC(c2ccc(-c3ccc(OCC(F)F)c(F)c3F)c(F)c2)CC1. The van der Waals surface area contributed by atoms with Crippen molar-refractivity contribution < 1.29 is 26.7 Å². The van der Waals surface area contributed by atoms with Crippen LogP contribution in [-0.4, -0.2) is 13.0 Å². The minimum absolute atomic E-state index is 0.0668. The van der Waals surface area contributed by atoms with Gasteiger partial charge in [-0.2, -0.15) is 4.39 Å². The molecule has 1 saturated carbocycles. The molecule has 1 nitrogen and oxygen atoms in total. The number of benzene rings is 2. The number of hydrogen-bond acceptors (Lipinski definition) is 1. The monoisotopic (exact) mass is 398 g/mol. The van der Waals surface area contributed by atoms with Crippen LogP contribution in [0.1, 0.15) is 50.5 Å². The second-order valence-electron chi connectivity index (χ2n) is 7.31. The molecule has 0 heterocycles. The molecule has 0 aromatic heterocycles. The molecule has 28 heavy (non-hydrogen) atoms. The molecule has 0 radical (unpaired) electrons. The van der Waals surface area contributed by atoms with Gasteiger partial charge in [-0.25, -0.2) is 17.6 Å². The molecule has 1 aliphatic rings. The smallest absolute Gasteiger partial charge is 0.272 e. The fourth-order valence-corrected chi connectivity index (χ4v) is 3.91. The van der Waals surface area contributed by atoms with Gasteiger partial charge >= 0.3 is 0 Å². The molecule has 3 rings (SSSR count). The van der Waals surface area contributed by atoms with Crippen LogP contribution in [0, 0.1) is 23.4 Å². The van der Waals surface area contributed by atoms with Crippen molar-refractivity contribution in [1.82, 2.24) is 0 Å². The zero-order valence-corrected chi connectivity index (χ0v) is 15.7. The molecule has 1 fully saturated rings. The van der Waals surface area contributed by atoms with Gasteiger partial charge in [0.15, 0.2) is 11.6 Å². The van der Waals surface area contributed by atoms with Crippen molar-refractivity contribution in [1.29, 1.82) is 0 Å². The molecule has 0 aliphatic heterocycles. The van der Waals surface area contributed by atoms with Gasteiger partial charge in [0.05, 0.1) is 0 Å². The van der Waals surface area contributed by atoms with Gasteiger partial charge in [-0.15, -0.1) is 0 Å². The standard InChI is InChI=1S/C22H23F5O/c1-2-13-3-5-14(6-4-13)15-7-8-16(18(23)11-15)17-9-10-19(22(27)21(17)26)28-12-20(24)25/h7-11,13-14,20H,2-6,12H2,1H3. The van der Waals surface area contributed by atoms with E-state index in [2.05, 4.69) is 11.7 Å². The summed E-state index contributed by atoms with van der Waals surface area (Å²) in [6.07, 6.45) is 2.57. The van der Waals surface area contributed by atoms with Crippen LogP contribution in [0.4, 0.5) is 22.0 Å². The lowest BCUT2D eigenvalue weighted by Gasteiger charge is -2.28. The van der Waals surface area contributed by atoms with Crippen molar-refractivity contribution in [3.05, 3.63) is 53.3 Å². The summed E-state index contributed by atoms with van der Waals surface area (Å²) in [5, 5.41) is 0. The van der Waals surface area contributed by atoms with Gasteiger partial charge in [0.25, 0.3) is 6.43 Å². The topological polar surface area (TPSA) is 9.23 Å². The van der Waals surface area contributed by atoms with E-state index in [9.17, 15) is 22.0 Å². The van der Waals surface area contributed by atoms with Crippen LogP contribution >= 0.6 is 0 Å². The Labute approximate surface area is 161 Å². The summed E-state index contributed by atoms with van der Waals surface area (Å²) >= 11 is 0. The highest BCUT2D eigenvalue weighted by Crippen LogP contribution is 2.39. The molecule has 1 aliphatic carbocycles. The maximum absolute atomic E-state index is 14.7. The van der Waals surface area contributed by atoms with Crippen LogP contribution in [-0.2, 0) is 0 Å². The highest BCUT2D eigenvalue weighted by atomic mass is 19.3. The predicted octanol–water partition coefficient (Wildman–Crippen LogP) is 7.10. The van der Waals surface area contributed by atoms with Gasteiger partial charge in [0.1, 0.15) is 12.4 Å². The molecule has 6 heteroatoms. The van der Waals surface area contributed by atoms with Crippen molar-refractivity contribution in [2.24, 2.45) is 5.92 Å². The molecule has 0 spiro atoms. The van der Waals surface area contributed by atoms with E-state index >= 15 is 0 Å². The third-order valence-electron chi connectivity index (χ3n) is 5.59. The first kappa shape index (κ1) is 20.6. The third kappa shape index (κ3) is 4.47. The van der Waals surface area contributed by atoms with E-state index in [4.69, 9.17) is 0 Å². The van der Waals surface area contributed by atoms with Gasteiger partial charge in [-0.3, -0.25) is 0 Å². The summed E-state index contributed by atoms with van der Waals surface area (Å²) in [7, 11) is 0. The van der Waals surface area contributed by atoms with Gasteiger partial charge in [0.2, 0.25) is 5.82 Å². The van der Waals surface area contributed by atoms with E-state index in [1.807, 2.05) is 0 Å². The lowest BCUT2D eigenvalue weighted by Crippen LogP contribution is -2.12. The summed E-state index contributed by atoms with van der Waals surface area (Å²) in [6, 6.07) is 6.78. The molecule has 0 N–H and O–H groups in total. The van der Waals surface area contributed by atoms with Crippen molar-refractivity contribution in [2.45, 2.75) is 51.4 Å². The number of rotatable bonds is 6. The average molecular weight is 398 g/mol. The fourth-order valence-electron chi connectivity index (χ4n) is 3.91. The molecule has 2 aromatic carbocycles. The second-order valence-corrected chi connectivity index (χ2v) is 7.31. The molecule has 0 atom stereocenters. The first-order valence-corrected chi connectivity index (χ1v) is 9.59. The molecule has 152 valence electrons. The van der Waals surface area contributed by atoms with Gasteiger partial charge in [0, 0.05) is 11.1 Å². The Bertz CT molecular complexity index is 813. The quantitative estimate of drug-likeness (QED) is 0.472. The zero-order valence-electron chi connectivity index (χ0n) is 15.7. The number of hydrogen-bond donors (Lipinski definition) is 0. The summed E-state index contributed by atoms with van der Waals surface area (Å²) in [5.41, 5.74) is 0.539. The molecule has 0 unspecified atom stereocenters. The minimum atomic E-state index is -2.81. The molecular formula is C22H23F5O. The van der Waals surface area contributed by atoms with Crippen molar-refractivity contribution >= 4 is 0 Å². The normalized spacial score (nSPS) is 19.8. The van der Waals surface area contributed by atoms with E-state index in [-0.39, 0.29) is 17.0 Å². The Morgan fingerprint density at radius 1 is 0.929 bits per heavy atom. The van der Waals surface area contributed by atoms with Crippen molar-refractivity contribution in [3.63, 3.8) is 0 Å². The summed E-state index contributed by atoms with van der Waals surface area (Å²) in [6.45, 7) is 1.13. The third-order valence-corrected chi connectivity index (χ3v) is 5.59. The predicted molar refractivity (Wildman–Crippen MR) is 98.2 cm³/mol. The average Bonchev–Trinajstić information content (AvgIpc) is 2.69. The van der Waals surface area contributed by atoms with E-state index in [1.54, 1.807) is 6.07 Å². The molecule has 0 saturated heterocycles. The van der Waals surface area contributed by atoms with E-state index in [1.165, 1.54) is 12.1 Å². The Morgan fingerprint density at radius 3 is 2.21 bits per heavy atom. The van der Waals surface area contributed by atoms with E-state index in [0.29, 0.717) is 0 Å². The van der Waals surface area contributed by atoms with Crippen LogP contribution in [0.25, 0.3) is 11.1 Å². The summed E-state index contributed by atoms with van der Waals surface area (Å²) < 4.78 is 72.1. The van der Waals surface area contributed by atoms with Crippen LogP contribution in [0.3, 0.4) is 0 Å². The van der Waals surface area contributed by atoms with E-state index < -0.39 is 36.2 Å². The van der Waals surface area contributed by atoms with E-state index in [0.717, 1.165) is 55.7 Å². The Morgan fingerprint density at radius 2 is 1.61 bits per heavy atom. The number of ether oxygens (including phenoxy) is 1. The lowest BCUT2D eigenvalue weighted by atomic mass is 9.77. The van der Waals surface area contributed by atoms with Crippen LogP contribution < -0.4 is 4.74 Å². The van der Waals surface area contributed by atoms with Crippen LogP contribution in [0.2, 0.25) is 0 Å². The highest BCUT2D eigenvalue weighted by Gasteiger charge is 2.23. The van der Waals surface area contributed by atoms with Crippen LogP contribution in [0.5, 0.6) is 5.75 Å². The molecule has 0 amide bonds. The Kier molecular flexibility index (Phi) is 6.57. The van der Waals surface area contributed by atoms with Gasteiger partial charge in [-0.1, -0.05) is 25.5 Å². The van der Waals surface area contributed by atoms with Gasteiger partial charge in [-0.05, 0) is 61.3 Å². The first-order valence-electron chi connectivity index (χ1n) is 9.59. The maximum Gasteiger partial charge on any atom is 0.272 e. The number of alkyl halides is 2. The molecular weight excluding hydrogens is 375 g/mol. The first-order chi connectivity index (χ1) is 13.4. The summed E-state index contributed by atoms with van der Waals surface area (Å²) in [4.78, 5) is 0. The zero-order chi connectivity index (χ0) is 20.3. The van der Waals surface area contributed by atoms with Crippen LogP contribution in [0.15, 0.2) is 30.3 Å². The van der Waals surface area contributed by atoms with Crippen molar-refractivity contribution in [2.75, 3.05) is 6.61 Å². The Balaban J connectivity index is 1.81. The van der Waals surface area contributed by atoms with Crippen molar-refractivity contribution in [3.8, 4) is 16.9 Å². The molecule has 0 bridgehead atoms. The Hall–Kier alpha value is -2.11. The lowest BCUT2D eigenvalue weighted by molar-refractivity contribution is 0.0795. The fraction of sp³-hybridized carbons (Fsp3) is 0.455. The minimum Gasteiger partial charge on any atom is -0.484 e. The summed E-state index contributed by atoms with van der Waals surface area (Å²) in [5.74, 6) is -2.97.